The summed E-state index contributed by atoms with van der Waals surface area (Å²) in [4.78, 5) is 5.75. The van der Waals surface area contributed by atoms with E-state index in [4.69, 9.17) is 0 Å². The number of pyridine rings is 1. The molecule has 0 bridgehead atoms. The molecule has 3 aromatic rings. The Morgan fingerprint density at radius 2 is 2.00 bits per heavy atom. The molecule has 0 saturated heterocycles. The van der Waals surface area contributed by atoms with Gasteiger partial charge in [0.2, 0.25) is 0 Å². The van der Waals surface area contributed by atoms with E-state index in [0.29, 0.717) is 0 Å². The predicted octanol–water partition coefficient (Wildman–Crippen LogP) is 6.20. The summed E-state index contributed by atoms with van der Waals surface area (Å²) in [7, 11) is 0. The fourth-order valence-electron chi connectivity index (χ4n) is 1.94. The van der Waals surface area contributed by atoms with Crippen molar-refractivity contribution < 1.29 is 0 Å². The third-order valence-electron chi connectivity index (χ3n) is 2.83. The Bertz CT molecular complexity index is 751. The van der Waals surface area contributed by atoms with Gasteiger partial charge >= 0.3 is 0 Å². The molecule has 0 aliphatic rings. The maximum absolute atomic E-state index is 4.49. The van der Waals surface area contributed by atoms with Crippen molar-refractivity contribution in [3.63, 3.8) is 0 Å². The van der Waals surface area contributed by atoms with E-state index in [2.05, 4.69) is 82.4 Å². The molecule has 2 nitrogen and oxygen atoms in total. The summed E-state index contributed by atoms with van der Waals surface area (Å²) in [5.74, 6) is 0. The van der Waals surface area contributed by atoms with E-state index < -0.39 is 0 Å². The molecule has 0 spiro atoms. The Morgan fingerprint density at radius 1 is 1.15 bits per heavy atom. The van der Waals surface area contributed by atoms with Crippen LogP contribution in [0.1, 0.15) is 4.88 Å². The van der Waals surface area contributed by atoms with Gasteiger partial charge in [-0.2, -0.15) is 0 Å². The second-order valence-corrected chi connectivity index (χ2v) is 8.44. The lowest BCUT2D eigenvalue weighted by Gasteiger charge is -2.08. The summed E-state index contributed by atoms with van der Waals surface area (Å²) < 4.78 is 3.21. The van der Waals surface area contributed by atoms with Gasteiger partial charge in [-0.25, -0.2) is 0 Å². The Morgan fingerprint density at radius 3 is 2.75 bits per heavy atom. The summed E-state index contributed by atoms with van der Waals surface area (Å²) in [6.45, 7) is 0.783. The quantitative estimate of drug-likeness (QED) is 0.487. The zero-order valence-electron chi connectivity index (χ0n) is 10.2. The summed E-state index contributed by atoms with van der Waals surface area (Å²) in [6.07, 6.45) is 1.83. The van der Waals surface area contributed by atoms with Crippen LogP contribution >= 0.6 is 59.1 Å². The largest absolute Gasteiger partial charge is 0.378 e. The maximum Gasteiger partial charge on any atom is 0.0934 e. The average Bonchev–Trinajstić information content (AvgIpc) is 2.75. The minimum absolute atomic E-state index is 0.783. The number of halogens is 3. The minimum atomic E-state index is 0.783. The van der Waals surface area contributed by atoms with Crippen LogP contribution in [0.3, 0.4) is 0 Å². The van der Waals surface area contributed by atoms with Crippen LogP contribution < -0.4 is 5.32 Å². The van der Waals surface area contributed by atoms with Crippen LogP contribution in [0.2, 0.25) is 0 Å². The van der Waals surface area contributed by atoms with Crippen LogP contribution in [-0.4, -0.2) is 4.98 Å². The molecule has 0 atom stereocenters. The summed E-state index contributed by atoms with van der Waals surface area (Å²) in [6, 6.07) is 10.4. The zero-order chi connectivity index (χ0) is 14.1. The first-order valence-corrected chi connectivity index (χ1v) is 9.05. The molecule has 0 fully saturated rings. The highest BCUT2D eigenvalue weighted by atomic mass is 79.9. The number of aromatic nitrogens is 1. The fourth-order valence-corrected chi connectivity index (χ4v) is 4.40. The molecule has 2 aromatic heterocycles. The molecule has 2 heterocycles. The van der Waals surface area contributed by atoms with Crippen LogP contribution in [-0.2, 0) is 6.54 Å². The molecule has 0 radical (unpaired) electrons. The standard InChI is InChI=1S/C14H9Br3N2S/c15-9-4-8-2-1-3-12(13(8)19-6-9)18-7-10-5-11(16)14(17)20-10/h1-6,18H,7H2. The highest BCUT2D eigenvalue weighted by Crippen LogP contribution is 2.33. The van der Waals surface area contributed by atoms with E-state index in [1.54, 1.807) is 11.3 Å². The predicted molar refractivity (Wildman–Crippen MR) is 96.5 cm³/mol. The Hall–Kier alpha value is -0.430. The third kappa shape index (κ3) is 3.08. The second-order valence-electron chi connectivity index (χ2n) is 4.22. The van der Waals surface area contributed by atoms with Gasteiger partial charge in [-0.1, -0.05) is 12.1 Å². The number of rotatable bonds is 3. The van der Waals surface area contributed by atoms with E-state index in [1.165, 1.54) is 4.88 Å². The van der Waals surface area contributed by atoms with Crippen LogP contribution in [0, 0.1) is 0 Å². The van der Waals surface area contributed by atoms with Gasteiger partial charge in [0.25, 0.3) is 0 Å². The molecule has 3 rings (SSSR count). The summed E-state index contributed by atoms with van der Waals surface area (Å²) >= 11 is 12.2. The zero-order valence-corrected chi connectivity index (χ0v) is 15.7. The number of hydrogen-bond acceptors (Lipinski definition) is 3. The Balaban J connectivity index is 1.87. The molecular weight excluding hydrogens is 468 g/mol. The normalized spacial score (nSPS) is 10.9. The minimum Gasteiger partial charge on any atom is -0.378 e. The SMILES string of the molecule is Brc1cnc2c(NCc3cc(Br)c(Br)s3)cccc2c1. The van der Waals surface area contributed by atoms with Crippen LogP contribution in [0.15, 0.2) is 49.3 Å². The smallest absolute Gasteiger partial charge is 0.0934 e. The number of nitrogens with zero attached hydrogens (tertiary/aromatic N) is 1. The topological polar surface area (TPSA) is 24.9 Å². The second kappa shape index (κ2) is 6.13. The molecular formula is C14H9Br3N2S. The highest BCUT2D eigenvalue weighted by molar-refractivity contribution is 9.13. The van der Waals surface area contributed by atoms with Crippen molar-refractivity contribution >= 4 is 75.7 Å². The van der Waals surface area contributed by atoms with Crippen molar-refractivity contribution in [3.05, 3.63) is 54.1 Å². The average molecular weight is 477 g/mol. The summed E-state index contributed by atoms with van der Waals surface area (Å²) in [5, 5.41) is 4.58. The Kier molecular flexibility index (Phi) is 4.45. The molecule has 6 heteroatoms. The van der Waals surface area contributed by atoms with Crippen molar-refractivity contribution in [1.29, 1.82) is 0 Å². The van der Waals surface area contributed by atoms with E-state index in [1.807, 2.05) is 12.3 Å². The van der Waals surface area contributed by atoms with Crippen molar-refractivity contribution in [2.45, 2.75) is 6.54 Å². The van der Waals surface area contributed by atoms with E-state index in [0.717, 1.165) is 35.9 Å². The first-order chi connectivity index (χ1) is 9.63. The molecule has 1 aromatic carbocycles. The van der Waals surface area contributed by atoms with Crippen LogP contribution in [0.4, 0.5) is 5.69 Å². The molecule has 0 unspecified atom stereocenters. The van der Waals surface area contributed by atoms with Crippen molar-refractivity contribution in [2.24, 2.45) is 0 Å². The first kappa shape index (κ1) is 14.5. The molecule has 1 N–H and O–H groups in total. The third-order valence-corrected chi connectivity index (χ3v) is 6.52. The van der Waals surface area contributed by atoms with Gasteiger partial charge in [0.05, 0.1) is 15.0 Å². The van der Waals surface area contributed by atoms with Crippen LogP contribution in [0.5, 0.6) is 0 Å². The lowest BCUT2D eigenvalue weighted by Crippen LogP contribution is -1.98. The molecule has 20 heavy (non-hydrogen) atoms. The van der Waals surface area contributed by atoms with E-state index >= 15 is 0 Å². The molecule has 0 amide bonds. The highest BCUT2D eigenvalue weighted by Gasteiger charge is 2.06. The number of hydrogen-bond donors (Lipinski definition) is 1. The molecule has 0 aliphatic heterocycles. The van der Waals surface area contributed by atoms with Gasteiger partial charge in [-0.15, -0.1) is 11.3 Å². The number of anilines is 1. The molecule has 0 aliphatic carbocycles. The monoisotopic (exact) mass is 474 g/mol. The van der Waals surface area contributed by atoms with Gasteiger partial charge in [-0.05, 0) is 66.0 Å². The van der Waals surface area contributed by atoms with Crippen molar-refractivity contribution in [2.75, 3.05) is 5.32 Å². The number of fused-ring (bicyclic) bond motifs is 1. The van der Waals surface area contributed by atoms with Crippen LogP contribution in [0.25, 0.3) is 10.9 Å². The van der Waals surface area contributed by atoms with Gasteiger partial charge in [0.15, 0.2) is 0 Å². The molecule has 0 saturated carbocycles. The first-order valence-electron chi connectivity index (χ1n) is 5.85. The lowest BCUT2D eigenvalue weighted by atomic mass is 10.2. The van der Waals surface area contributed by atoms with Gasteiger partial charge in [0.1, 0.15) is 0 Å². The van der Waals surface area contributed by atoms with Crippen molar-refractivity contribution in [1.82, 2.24) is 4.98 Å². The number of thiophene rings is 1. The van der Waals surface area contributed by atoms with E-state index in [9.17, 15) is 0 Å². The van der Waals surface area contributed by atoms with Gasteiger partial charge in [-0.3, -0.25) is 4.98 Å². The van der Waals surface area contributed by atoms with Gasteiger partial charge < -0.3 is 5.32 Å². The van der Waals surface area contributed by atoms with E-state index in [-0.39, 0.29) is 0 Å². The molecule has 102 valence electrons. The van der Waals surface area contributed by atoms with Crippen molar-refractivity contribution in [3.8, 4) is 0 Å². The Labute approximate surface area is 146 Å². The number of para-hydroxylation sites is 1. The van der Waals surface area contributed by atoms with Gasteiger partial charge in [0, 0.05) is 32.0 Å². The number of nitrogens with one attached hydrogen (secondary N) is 1. The summed E-state index contributed by atoms with van der Waals surface area (Å²) in [5.41, 5.74) is 2.04. The lowest BCUT2D eigenvalue weighted by molar-refractivity contribution is 1.19. The fraction of sp³-hybridized carbons (Fsp3) is 0.0714. The maximum atomic E-state index is 4.49. The number of benzene rings is 1.